The number of carbonyl (C=O) groups is 1. The Labute approximate surface area is 137 Å². The number of carbonyl (C=O) groups excluding carboxylic acids is 1. The zero-order valence-electron chi connectivity index (χ0n) is 13.0. The molecular weight excluding hydrogens is 311 g/mol. The second kappa shape index (κ2) is 5.59. The molecule has 1 saturated heterocycles. The quantitative estimate of drug-likeness (QED) is 0.740. The maximum atomic E-state index is 12.9. The van der Waals surface area contributed by atoms with Crippen LogP contribution in [-0.2, 0) is 0 Å². The lowest BCUT2D eigenvalue weighted by atomic mass is 10.1. The van der Waals surface area contributed by atoms with Gasteiger partial charge in [0.1, 0.15) is 23.8 Å². The smallest absolute Gasteiger partial charge is 0.255 e. The summed E-state index contributed by atoms with van der Waals surface area (Å²) in [4.78, 5) is 22.4. The maximum Gasteiger partial charge on any atom is 0.255 e. The molecule has 0 bridgehead atoms. The highest BCUT2D eigenvalue weighted by atomic mass is 19.1. The summed E-state index contributed by atoms with van der Waals surface area (Å²) in [5.74, 6) is 0.557. The van der Waals surface area contributed by atoms with E-state index < -0.39 is 6.17 Å². The largest absolute Gasteiger partial charge is 0.497 e. The Kier molecular flexibility index (Phi) is 3.41. The van der Waals surface area contributed by atoms with Gasteiger partial charge < -0.3 is 9.64 Å². The molecule has 7 heteroatoms. The van der Waals surface area contributed by atoms with Crippen LogP contribution in [0.15, 0.2) is 42.9 Å². The second-order valence-corrected chi connectivity index (χ2v) is 5.69. The molecule has 4 rings (SSSR count). The summed E-state index contributed by atoms with van der Waals surface area (Å²) in [5, 5.41) is 0. The number of ether oxygens (including phenoxy) is 1. The SMILES string of the molecule is COc1ccc(-n2cnc3cc(C(=O)N4CC(F)C4)cnc32)cc1. The van der Waals surface area contributed by atoms with Gasteiger partial charge in [-0.2, -0.15) is 0 Å². The Hall–Kier alpha value is -2.96. The van der Waals surface area contributed by atoms with E-state index in [0.29, 0.717) is 16.7 Å². The number of benzene rings is 1. The predicted octanol–water partition coefficient (Wildman–Crippen LogP) is 2.22. The van der Waals surface area contributed by atoms with E-state index in [-0.39, 0.29) is 19.0 Å². The fraction of sp³-hybridized carbons (Fsp3) is 0.235. The number of likely N-dealkylation sites (tertiary alicyclic amines) is 1. The Bertz CT molecular complexity index is 901. The summed E-state index contributed by atoms with van der Waals surface area (Å²) in [7, 11) is 1.62. The Morgan fingerprint density at radius 3 is 2.67 bits per heavy atom. The summed E-state index contributed by atoms with van der Waals surface area (Å²) in [6.45, 7) is 0.300. The molecule has 2 aromatic heterocycles. The highest BCUT2D eigenvalue weighted by Crippen LogP contribution is 2.21. The number of halogens is 1. The maximum absolute atomic E-state index is 12.9. The average molecular weight is 326 g/mol. The minimum atomic E-state index is -0.917. The van der Waals surface area contributed by atoms with Crippen molar-refractivity contribution in [3.8, 4) is 11.4 Å². The summed E-state index contributed by atoms with van der Waals surface area (Å²) in [5.41, 5.74) is 2.60. The number of amides is 1. The molecule has 122 valence electrons. The second-order valence-electron chi connectivity index (χ2n) is 5.69. The topological polar surface area (TPSA) is 60.3 Å². The number of rotatable bonds is 3. The number of alkyl halides is 1. The molecule has 3 aromatic rings. The fourth-order valence-electron chi connectivity index (χ4n) is 2.72. The molecule has 0 N–H and O–H groups in total. The van der Waals surface area contributed by atoms with Crippen LogP contribution in [0.25, 0.3) is 16.9 Å². The zero-order valence-corrected chi connectivity index (χ0v) is 13.0. The van der Waals surface area contributed by atoms with Gasteiger partial charge in [-0.1, -0.05) is 0 Å². The summed E-state index contributed by atoms with van der Waals surface area (Å²) in [6, 6.07) is 9.22. The van der Waals surface area contributed by atoms with Gasteiger partial charge in [-0.05, 0) is 30.3 Å². The van der Waals surface area contributed by atoms with Gasteiger partial charge in [0.25, 0.3) is 5.91 Å². The first kappa shape index (κ1) is 14.6. The number of hydrogen-bond acceptors (Lipinski definition) is 4. The van der Waals surface area contributed by atoms with E-state index in [0.717, 1.165) is 11.4 Å². The van der Waals surface area contributed by atoms with Crippen LogP contribution in [0.1, 0.15) is 10.4 Å². The van der Waals surface area contributed by atoms with Crippen LogP contribution in [0, 0.1) is 0 Å². The van der Waals surface area contributed by atoms with Crippen molar-refractivity contribution < 1.29 is 13.9 Å². The van der Waals surface area contributed by atoms with Gasteiger partial charge in [0.05, 0.1) is 25.8 Å². The van der Waals surface area contributed by atoms with Gasteiger partial charge in [0.15, 0.2) is 5.65 Å². The minimum absolute atomic E-state index is 0.150. The standard InChI is InChI=1S/C17H15FN4O2/c1-24-14-4-2-13(3-5-14)22-10-20-15-6-11(7-19-16(15)22)17(23)21-8-12(18)9-21/h2-7,10,12H,8-9H2,1H3. The number of nitrogens with zero attached hydrogens (tertiary/aromatic N) is 4. The van der Waals surface area contributed by atoms with Gasteiger partial charge in [-0.3, -0.25) is 9.36 Å². The Morgan fingerprint density at radius 1 is 1.25 bits per heavy atom. The lowest BCUT2D eigenvalue weighted by Crippen LogP contribution is -2.51. The molecule has 6 nitrogen and oxygen atoms in total. The number of imidazole rings is 1. The molecule has 1 aromatic carbocycles. The first-order chi connectivity index (χ1) is 11.7. The van der Waals surface area contributed by atoms with Gasteiger partial charge in [-0.15, -0.1) is 0 Å². The van der Waals surface area contributed by atoms with E-state index in [1.165, 1.54) is 11.1 Å². The van der Waals surface area contributed by atoms with E-state index in [1.54, 1.807) is 19.5 Å². The molecule has 24 heavy (non-hydrogen) atoms. The lowest BCUT2D eigenvalue weighted by Gasteiger charge is -2.34. The van der Waals surface area contributed by atoms with Crippen LogP contribution in [-0.4, -0.2) is 51.7 Å². The van der Waals surface area contributed by atoms with Gasteiger partial charge in [0.2, 0.25) is 0 Å². The number of aromatic nitrogens is 3. The van der Waals surface area contributed by atoms with Crippen LogP contribution in [0.3, 0.4) is 0 Å². The van der Waals surface area contributed by atoms with Gasteiger partial charge in [0, 0.05) is 11.9 Å². The van der Waals surface area contributed by atoms with E-state index in [9.17, 15) is 9.18 Å². The van der Waals surface area contributed by atoms with Gasteiger partial charge >= 0.3 is 0 Å². The van der Waals surface area contributed by atoms with Crippen molar-refractivity contribution in [2.45, 2.75) is 6.17 Å². The van der Waals surface area contributed by atoms with Crippen molar-refractivity contribution in [1.82, 2.24) is 19.4 Å². The third kappa shape index (κ3) is 2.38. The van der Waals surface area contributed by atoms with Crippen molar-refractivity contribution in [3.05, 3.63) is 48.4 Å². The summed E-state index contributed by atoms with van der Waals surface area (Å²) >= 11 is 0. The van der Waals surface area contributed by atoms with Gasteiger partial charge in [-0.25, -0.2) is 14.4 Å². The molecule has 1 aliphatic heterocycles. The minimum Gasteiger partial charge on any atom is -0.497 e. The number of hydrogen-bond donors (Lipinski definition) is 0. The van der Waals surface area contributed by atoms with Crippen LogP contribution in [0.2, 0.25) is 0 Å². The molecule has 0 spiro atoms. The third-order valence-corrected chi connectivity index (χ3v) is 4.11. The van der Waals surface area contributed by atoms with Crippen LogP contribution in [0.4, 0.5) is 4.39 Å². The number of methoxy groups -OCH3 is 1. The molecule has 0 unspecified atom stereocenters. The van der Waals surface area contributed by atoms with E-state index in [4.69, 9.17) is 4.74 Å². The fourth-order valence-corrected chi connectivity index (χ4v) is 2.72. The molecule has 1 fully saturated rings. The molecule has 1 amide bonds. The first-order valence-corrected chi connectivity index (χ1v) is 7.56. The third-order valence-electron chi connectivity index (χ3n) is 4.11. The molecular formula is C17H15FN4O2. The number of fused-ring (bicyclic) bond motifs is 1. The van der Waals surface area contributed by atoms with Crippen molar-refractivity contribution in [3.63, 3.8) is 0 Å². The van der Waals surface area contributed by atoms with Crippen molar-refractivity contribution in [1.29, 1.82) is 0 Å². The predicted molar refractivity (Wildman–Crippen MR) is 86.2 cm³/mol. The Morgan fingerprint density at radius 2 is 2.00 bits per heavy atom. The highest BCUT2D eigenvalue weighted by molar-refractivity contribution is 5.97. The molecule has 0 aliphatic carbocycles. The van der Waals surface area contributed by atoms with E-state index in [2.05, 4.69) is 9.97 Å². The number of pyridine rings is 1. The molecule has 3 heterocycles. The van der Waals surface area contributed by atoms with Crippen molar-refractivity contribution in [2.75, 3.05) is 20.2 Å². The summed E-state index contributed by atoms with van der Waals surface area (Å²) < 4.78 is 19.9. The molecule has 0 atom stereocenters. The van der Waals surface area contributed by atoms with Crippen molar-refractivity contribution >= 4 is 17.1 Å². The molecule has 1 aliphatic rings. The lowest BCUT2D eigenvalue weighted by molar-refractivity contribution is 0.0400. The van der Waals surface area contributed by atoms with E-state index >= 15 is 0 Å². The van der Waals surface area contributed by atoms with E-state index in [1.807, 2.05) is 28.8 Å². The highest BCUT2D eigenvalue weighted by Gasteiger charge is 2.31. The molecule has 0 saturated carbocycles. The summed E-state index contributed by atoms with van der Waals surface area (Å²) in [6.07, 6.45) is 2.26. The first-order valence-electron chi connectivity index (χ1n) is 7.56. The van der Waals surface area contributed by atoms with Crippen LogP contribution < -0.4 is 4.74 Å². The zero-order chi connectivity index (χ0) is 16.7. The monoisotopic (exact) mass is 326 g/mol. The van der Waals surface area contributed by atoms with Crippen LogP contribution >= 0.6 is 0 Å². The van der Waals surface area contributed by atoms with Crippen molar-refractivity contribution in [2.24, 2.45) is 0 Å². The van der Waals surface area contributed by atoms with Crippen LogP contribution in [0.5, 0.6) is 5.75 Å². The Balaban J connectivity index is 1.66. The normalized spacial score (nSPS) is 14.7. The molecule has 0 radical (unpaired) electrons. The average Bonchev–Trinajstić information content (AvgIpc) is 3.01.